The van der Waals surface area contributed by atoms with Crippen molar-refractivity contribution in [3.63, 3.8) is 0 Å². The molecule has 43 heavy (non-hydrogen) atoms. The largest absolute Gasteiger partial charge is 0.491 e. The summed E-state index contributed by atoms with van der Waals surface area (Å²) in [5.41, 5.74) is 3.82. The number of methoxy groups -OCH3 is 1. The lowest BCUT2D eigenvalue weighted by Gasteiger charge is -2.31. The zero-order chi connectivity index (χ0) is 30.6. The highest BCUT2D eigenvalue weighted by Crippen LogP contribution is 2.81. The van der Waals surface area contributed by atoms with Gasteiger partial charge in [0.1, 0.15) is 15.7 Å². The Morgan fingerprint density at radius 2 is 2.16 bits per heavy atom. The number of halogens is 1. The maximum absolute atomic E-state index is 13.8. The van der Waals surface area contributed by atoms with Crippen LogP contribution in [0.2, 0.25) is 0 Å². The van der Waals surface area contributed by atoms with Crippen LogP contribution in [0.15, 0.2) is 58.0 Å². The van der Waals surface area contributed by atoms with E-state index in [2.05, 4.69) is 39.1 Å². The Bertz CT molecular complexity index is 1450. The van der Waals surface area contributed by atoms with Crippen LogP contribution in [0, 0.1) is 17.3 Å². The number of nitrogens with zero attached hydrogens (tertiary/aromatic N) is 2. The highest BCUT2D eigenvalue weighted by molar-refractivity contribution is 7.92. The number of hydrogen-bond donors (Lipinski definition) is 1. The Morgan fingerprint density at radius 1 is 1.33 bits per heavy atom. The highest BCUT2D eigenvalue weighted by Gasteiger charge is 2.80. The SMILES string of the molecule is CCC(=O)NS1(=O)=NC(=O)c2ccc3c(c2)N(CC(/C=C\CCl)=C(/C)CCCCO3)CC23C[C@@H]2[C@@H]3[C@@H](OC)/C=C/CCC1. The number of ether oxygens (including phenoxy) is 2. The van der Waals surface area contributed by atoms with Gasteiger partial charge in [0.05, 0.1) is 24.2 Å². The fourth-order valence-corrected chi connectivity index (χ4v) is 8.35. The molecule has 2 unspecified atom stereocenters. The molecule has 1 aromatic rings. The molecule has 2 bridgehead atoms. The van der Waals surface area contributed by atoms with Gasteiger partial charge in [0, 0.05) is 38.1 Å². The van der Waals surface area contributed by atoms with Gasteiger partial charge in [-0.1, -0.05) is 36.8 Å². The number of carbonyl (C=O) groups is 2. The van der Waals surface area contributed by atoms with Gasteiger partial charge in [-0.3, -0.25) is 14.3 Å². The van der Waals surface area contributed by atoms with Crippen molar-refractivity contribution in [1.29, 1.82) is 0 Å². The summed E-state index contributed by atoms with van der Waals surface area (Å²) in [6, 6.07) is 5.34. The number of amides is 2. The minimum atomic E-state index is -3.30. The summed E-state index contributed by atoms with van der Waals surface area (Å²) in [7, 11) is -1.54. The van der Waals surface area contributed by atoms with Gasteiger partial charge in [0.2, 0.25) is 5.91 Å². The quantitative estimate of drug-likeness (QED) is 0.307. The number of fused-ring (bicyclic) bond motifs is 2. The van der Waals surface area contributed by atoms with E-state index in [1.54, 1.807) is 20.1 Å². The van der Waals surface area contributed by atoms with E-state index in [4.69, 9.17) is 21.1 Å². The van der Waals surface area contributed by atoms with Crippen LogP contribution in [0.3, 0.4) is 0 Å². The van der Waals surface area contributed by atoms with Crippen molar-refractivity contribution < 1.29 is 23.3 Å². The zero-order valence-corrected chi connectivity index (χ0v) is 27.1. The van der Waals surface area contributed by atoms with Crippen molar-refractivity contribution in [2.24, 2.45) is 21.6 Å². The first-order valence-corrected chi connectivity index (χ1v) is 17.7. The molecule has 1 N–H and O–H groups in total. The van der Waals surface area contributed by atoms with E-state index in [1.165, 1.54) is 11.1 Å². The Kier molecular flexibility index (Phi) is 10.0. The van der Waals surface area contributed by atoms with Gasteiger partial charge in [-0.05, 0) is 86.5 Å². The number of anilines is 1. The molecule has 1 aromatic carbocycles. The van der Waals surface area contributed by atoms with Gasteiger partial charge in [-0.25, -0.2) is 4.21 Å². The molecule has 0 saturated heterocycles. The number of carbonyl (C=O) groups excluding carboxylic acids is 2. The number of hydrogen-bond acceptors (Lipinski definition) is 6. The first kappa shape index (κ1) is 31.8. The van der Waals surface area contributed by atoms with Crippen molar-refractivity contribution in [3.05, 3.63) is 59.2 Å². The molecule has 10 heteroatoms. The van der Waals surface area contributed by atoms with Gasteiger partial charge in [-0.15, -0.1) is 16.0 Å². The molecule has 2 saturated carbocycles. The van der Waals surface area contributed by atoms with Crippen molar-refractivity contribution in [2.45, 2.75) is 64.9 Å². The second kappa shape index (κ2) is 13.6. The zero-order valence-electron chi connectivity index (χ0n) is 25.5. The number of allylic oxidation sites excluding steroid dienone is 3. The molecule has 2 aliphatic carbocycles. The summed E-state index contributed by atoms with van der Waals surface area (Å²) in [5.74, 6) is 1.24. The Labute approximate surface area is 261 Å². The van der Waals surface area contributed by atoms with E-state index < -0.39 is 21.7 Å². The number of benzene rings is 1. The molecule has 5 rings (SSSR count). The van der Waals surface area contributed by atoms with Gasteiger partial charge in [-0.2, -0.15) is 0 Å². The molecule has 8 nitrogen and oxygen atoms in total. The van der Waals surface area contributed by atoms with Gasteiger partial charge >= 0.3 is 0 Å². The highest BCUT2D eigenvalue weighted by atomic mass is 35.5. The van der Waals surface area contributed by atoms with Crippen LogP contribution in [0.5, 0.6) is 5.75 Å². The summed E-state index contributed by atoms with van der Waals surface area (Å²) in [6.07, 6.45) is 13.7. The third-order valence-electron chi connectivity index (χ3n) is 9.29. The van der Waals surface area contributed by atoms with Crippen LogP contribution >= 0.6 is 11.6 Å². The van der Waals surface area contributed by atoms with Gasteiger partial charge < -0.3 is 14.4 Å². The molecule has 0 radical (unpaired) electrons. The average Bonchev–Trinajstić information content (AvgIpc) is 3.86. The predicted octanol–water partition coefficient (Wildman–Crippen LogP) is 6.22. The summed E-state index contributed by atoms with van der Waals surface area (Å²) >= 11 is 6.07. The Hall–Kier alpha value is -2.62. The topological polar surface area (TPSA) is 97.3 Å². The lowest BCUT2D eigenvalue weighted by Crippen LogP contribution is -2.34. The van der Waals surface area contributed by atoms with Crippen molar-refractivity contribution in [2.75, 3.05) is 43.3 Å². The number of alkyl halides is 1. The minimum Gasteiger partial charge on any atom is -0.491 e. The monoisotopic (exact) mass is 629 g/mol. The van der Waals surface area contributed by atoms with E-state index in [0.29, 0.717) is 55.0 Å². The smallest absolute Gasteiger partial charge is 0.286 e. The summed E-state index contributed by atoms with van der Waals surface area (Å²) in [6.45, 7) is 5.89. The van der Waals surface area contributed by atoms with Crippen LogP contribution in [0.25, 0.3) is 0 Å². The van der Waals surface area contributed by atoms with E-state index >= 15 is 0 Å². The molecule has 2 aliphatic heterocycles. The summed E-state index contributed by atoms with van der Waals surface area (Å²) in [5, 5.41) is 0. The third-order valence-corrected chi connectivity index (χ3v) is 11.3. The van der Waals surface area contributed by atoms with E-state index in [0.717, 1.165) is 37.9 Å². The first-order chi connectivity index (χ1) is 20.7. The van der Waals surface area contributed by atoms with Crippen LogP contribution in [0.4, 0.5) is 5.69 Å². The second-order valence-corrected chi connectivity index (χ2v) is 14.6. The normalized spacial score (nSPS) is 33.7. The molecule has 5 atom stereocenters. The maximum atomic E-state index is 13.8. The van der Waals surface area contributed by atoms with Gasteiger partial charge in [0.25, 0.3) is 5.91 Å². The molecule has 2 amide bonds. The fraction of sp³-hybridized carbons (Fsp3) is 0.576. The first-order valence-electron chi connectivity index (χ1n) is 15.5. The average molecular weight is 630 g/mol. The molecule has 0 aromatic heterocycles. The predicted molar refractivity (Wildman–Crippen MR) is 172 cm³/mol. The van der Waals surface area contributed by atoms with Crippen LogP contribution in [0.1, 0.15) is 69.2 Å². The molecule has 1 spiro atoms. The molecular weight excluding hydrogens is 586 g/mol. The van der Waals surface area contributed by atoms with Crippen molar-refractivity contribution >= 4 is 39.0 Å². The molecular formula is C33H44ClN3O5S. The lowest BCUT2D eigenvalue weighted by atomic mass is 9.97. The Balaban J connectivity index is 1.62. The standard InChI is InChI=1S/C33H44ClN3O5S/c1-4-30(38)35-43(40)18-9-5-6-13-29(41-3)31-26-20-33(26,31)22-37-21-25(12-10-16-34)23(2)11-7-8-17-42-28-15-14-24(19-27(28)37)32(39)36-43/h6,10,12-15,19,26,29,31H,4-5,7-9,11,16-18,20-22H2,1-3H3,(H,35,36,38,39,40)/b12-10-,13-6+,25-23-/t26-,29+,31-,33?,43?/m1/s1. The number of nitrogens with one attached hydrogen (secondary N) is 1. The lowest BCUT2D eigenvalue weighted by molar-refractivity contribution is -0.118. The molecule has 2 heterocycles. The molecule has 4 aliphatic rings. The van der Waals surface area contributed by atoms with Crippen LogP contribution < -0.4 is 14.4 Å². The van der Waals surface area contributed by atoms with Crippen LogP contribution in [-0.4, -0.2) is 60.6 Å². The Morgan fingerprint density at radius 3 is 2.91 bits per heavy atom. The van der Waals surface area contributed by atoms with E-state index in [1.807, 2.05) is 18.2 Å². The fourth-order valence-electron chi connectivity index (χ4n) is 6.60. The minimum absolute atomic E-state index is 0.000882. The maximum Gasteiger partial charge on any atom is 0.286 e. The van der Waals surface area contributed by atoms with Crippen LogP contribution in [-0.2, 0) is 19.4 Å². The van der Waals surface area contributed by atoms with E-state index in [9.17, 15) is 13.8 Å². The number of rotatable bonds is 5. The molecule has 2 fully saturated rings. The molecule has 234 valence electrons. The second-order valence-electron chi connectivity index (χ2n) is 12.2. The summed E-state index contributed by atoms with van der Waals surface area (Å²) in [4.78, 5) is 28.2. The summed E-state index contributed by atoms with van der Waals surface area (Å²) < 4.78 is 32.8. The van der Waals surface area contributed by atoms with Crippen molar-refractivity contribution in [3.8, 4) is 5.75 Å². The van der Waals surface area contributed by atoms with Crippen molar-refractivity contribution in [1.82, 2.24) is 4.72 Å². The van der Waals surface area contributed by atoms with Gasteiger partial charge in [0.15, 0.2) is 0 Å². The third kappa shape index (κ3) is 7.21. The van der Waals surface area contributed by atoms with E-state index in [-0.39, 0.29) is 23.7 Å².